The van der Waals surface area contributed by atoms with Gasteiger partial charge in [-0.05, 0) is 36.2 Å². The molecule has 1 aromatic carbocycles. The number of rotatable bonds is 3. The average molecular weight is 357 g/mol. The minimum Gasteiger partial charge on any atom is -0.383 e. The zero-order chi connectivity index (χ0) is 18.1. The highest BCUT2D eigenvalue weighted by Crippen LogP contribution is 2.31. The third-order valence-corrected chi connectivity index (χ3v) is 5.26. The van der Waals surface area contributed by atoms with Crippen LogP contribution in [0, 0.1) is 18.3 Å². The van der Waals surface area contributed by atoms with Gasteiger partial charge in [0.1, 0.15) is 22.4 Å². The first-order chi connectivity index (χ1) is 12.6. The first-order valence-electron chi connectivity index (χ1n) is 8.11. The highest BCUT2D eigenvalue weighted by molar-refractivity contribution is 7.18. The maximum atomic E-state index is 9.03. The highest BCUT2D eigenvalue weighted by Gasteiger charge is 2.12. The van der Waals surface area contributed by atoms with Gasteiger partial charge in [0.15, 0.2) is 5.82 Å². The zero-order valence-electron chi connectivity index (χ0n) is 14.1. The molecule has 0 saturated heterocycles. The largest absolute Gasteiger partial charge is 0.383 e. The number of anilines is 1. The molecule has 0 spiro atoms. The molecule has 4 aromatic rings. The summed E-state index contributed by atoms with van der Waals surface area (Å²) in [5.41, 5.74) is 9.80. The van der Waals surface area contributed by atoms with Crippen LogP contribution < -0.4 is 5.73 Å². The van der Waals surface area contributed by atoms with Gasteiger partial charge in [-0.25, -0.2) is 15.0 Å². The van der Waals surface area contributed by atoms with E-state index in [1.165, 1.54) is 16.0 Å². The van der Waals surface area contributed by atoms with Crippen LogP contribution in [-0.2, 0) is 6.42 Å². The van der Waals surface area contributed by atoms with E-state index in [9.17, 15) is 0 Å². The van der Waals surface area contributed by atoms with E-state index in [-0.39, 0.29) is 0 Å². The van der Waals surface area contributed by atoms with Crippen LogP contribution in [0.15, 0.2) is 48.7 Å². The van der Waals surface area contributed by atoms with E-state index in [0.717, 1.165) is 22.2 Å². The summed E-state index contributed by atoms with van der Waals surface area (Å²) in [7, 11) is 0. The summed E-state index contributed by atoms with van der Waals surface area (Å²) < 4.78 is 0. The van der Waals surface area contributed by atoms with Crippen molar-refractivity contribution in [1.29, 1.82) is 5.26 Å². The predicted molar refractivity (Wildman–Crippen MR) is 104 cm³/mol. The molecule has 2 N–H and O–H groups in total. The number of aryl methyl sites for hydroxylation is 1. The molecule has 0 saturated carbocycles. The molecule has 26 heavy (non-hydrogen) atoms. The molecule has 0 atom stereocenters. The Bertz CT molecular complexity index is 1160. The number of thiophene rings is 1. The van der Waals surface area contributed by atoms with Gasteiger partial charge in [0.2, 0.25) is 0 Å². The summed E-state index contributed by atoms with van der Waals surface area (Å²) in [5, 5.41) is 9.90. The SMILES string of the molecule is Cc1ccccc1Cc1cc2c(N)nc(-c3ccnc(C#N)c3)nc2s1. The maximum absolute atomic E-state index is 9.03. The Kier molecular flexibility index (Phi) is 4.07. The van der Waals surface area contributed by atoms with E-state index in [2.05, 4.69) is 46.1 Å². The second kappa shape index (κ2) is 6.54. The number of aromatic nitrogens is 3. The summed E-state index contributed by atoms with van der Waals surface area (Å²) >= 11 is 1.62. The van der Waals surface area contributed by atoms with Crippen molar-refractivity contribution in [2.45, 2.75) is 13.3 Å². The van der Waals surface area contributed by atoms with Crippen LogP contribution in [0.4, 0.5) is 5.82 Å². The fourth-order valence-corrected chi connectivity index (χ4v) is 3.89. The predicted octanol–water partition coefficient (Wildman–Crippen LogP) is 4.11. The number of nitriles is 1. The summed E-state index contributed by atoms with van der Waals surface area (Å²) in [6.45, 7) is 2.12. The Balaban J connectivity index is 1.76. The highest BCUT2D eigenvalue weighted by atomic mass is 32.1. The lowest BCUT2D eigenvalue weighted by Gasteiger charge is -2.02. The van der Waals surface area contributed by atoms with Crippen molar-refractivity contribution < 1.29 is 0 Å². The number of benzene rings is 1. The summed E-state index contributed by atoms with van der Waals surface area (Å²) in [4.78, 5) is 15.1. The van der Waals surface area contributed by atoms with Crippen molar-refractivity contribution in [1.82, 2.24) is 15.0 Å². The lowest BCUT2D eigenvalue weighted by Crippen LogP contribution is -1.96. The van der Waals surface area contributed by atoms with Gasteiger partial charge >= 0.3 is 0 Å². The molecular weight excluding hydrogens is 342 g/mol. The van der Waals surface area contributed by atoms with Crippen molar-refractivity contribution in [3.8, 4) is 17.5 Å². The first-order valence-corrected chi connectivity index (χ1v) is 8.92. The third-order valence-electron chi connectivity index (χ3n) is 4.23. The van der Waals surface area contributed by atoms with Crippen LogP contribution in [-0.4, -0.2) is 15.0 Å². The van der Waals surface area contributed by atoms with E-state index in [4.69, 9.17) is 11.0 Å². The van der Waals surface area contributed by atoms with Crippen LogP contribution in [0.1, 0.15) is 21.7 Å². The number of hydrogen-bond acceptors (Lipinski definition) is 6. The van der Waals surface area contributed by atoms with Gasteiger partial charge in [-0.2, -0.15) is 5.26 Å². The number of hydrogen-bond donors (Lipinski definition) is 1. The van der Waals surface area contributed by atoms with E-state index in [0.29, 0.717) is 17.3 Å². The molecule has 3 aromatic heterocycles. The van der Waals surface area contributed by atoms with Crippen LogP contribution in [0.2, 0.25) is 0 Å². The minimum absolute atomic E-state index is 0.330. The monoisotopic (exact) mass is 357 g/mol. The van der Waals surface area contributed by atoms with Gasteiger partial charge in [0, 0.05) is 23.1 Å². The minimum atomic E-state index is 0.330. The molecule has 0 fully saturated rings. The standard InChI is InChI=1S/C20H15N5S/c1-12-4-2-3-5-13(12)9-16-10-17-18(22)24-19(25-20(17)26-16)14-6-7-23-15(8-14)11-21/h2-8,10H,9H2,1H3,(H2,22,24,25). The fourth-order valence-electron chi connectivity index (χ4n) is 2.84. The van der Waals surface area contributed by atoms with Crippen molar-refractivity contribution >= 4 is 27.4 Å². The van der Waals surface area contributed by atoms with E-state index >= 15 is 0 Å². The Morgan fingerprint density at radius 2 is 2.00 bits per heavy atom. The average Bonchev–Trinajstić information content (AvgIpc) is 3.07. The van der Waals surface area contributed by atoms with Gasteiger partial charge in [-0.15, -0.1) is 11.3 Å². The molecule has 5 nitrogen and oxygen atoms in total. The van der Waals surface area contributed by atoms with E-state index in [1.54, 1.807) is 29.7 Å². The van der Waals surface area contributed by atoms with Crippen molar-refractivity contribution in [3.05, 3.63) is 70.4 Å². The number of nitrogen functional groups attached to an aromatic ring is 1. The van der Waals surface area contributed by atoms with Gasteiger partial charge in [-0.1, -0.05) is 24.3 Å². The maximum Gasteiger partial charge on any atom is 0.163 e. The van der Waals surface area contributed by atoms with E-state index < -0.39 is 0 Å². The van der Waals surface area contributed by atoms with Crippen LogP contribution in [0.25, 0.3) is 21.6 Å². The summed E-state index contributed by atoms with van der Waals surface area (Å²) in [5.74, 6) is 0.964. The molecule has 0 aliphatic rings. The smallest absolute Gasteiger partial charge is 0.163 e. The Morgan fingerprint density at radius 3 is 2.81 bits per heavy atom. The summed E-state index contributed by atoms with van der Waals surface area (Å²) in [6.07, 6.45) is 2.42. The second-order valence-electron chi connectivity index (χ2n) is 6.01. The molecule has 6 heteroatoms. The molecule has 0 aliphatic heterocycles. The molecule has 3 heterocycles. The normalized spacial score (nSPS) is 10.8. The molecular formula is C20H15N5S. The number of nitrogens with two attached hydrogens (primary N) is 1. The van der Waals surface area contributed by atoms with Crippen molar-refractivity contribution in [2.24, 2.45) is 0 Å². The summed E-state index contributed by atoms with van der Waals surface area (Å²) in [6, 6.07) is 15.9. The Labute approximate surface area is 154 Å². The molecule has 126 valence electrons. The lowest BCUT2D eigenvalue weighted by atomic mass is 10.1. The number of pyridine rings is 1. The third kappa shape index (κ3) is 3.01. The van der Waals surface area contributed by atoms with Crippen LogP contribution in [0.3, 0.4) is 0 Å². The van der Waals surface area contributed by atoms with E-state index in [1.807, 2.05) is 12.1 Å². The van der Waals surface area contributed by atoms with Gasteiger partial charge < -0.3 is 5.73 Å². The Morgan fingerprint density at radius 1 is 1.15 bits per heavy atom. The van der Waals surface area contributed by atoms with Gasteiger partial charge in [-0.3, -0.25) is 0 Å². The number of fused-ring (bicyclic) bond motifs is 1. The first kappa shape index (κ1) is 16.2. The molecule has 0 unspecified atom stereocenters. The quantitative estimate of drug-likeness (QED) is 0.596. The van der Waals surface area contributed by atoms with Gasteiger partial charge in [0.25, 0.3) is 0 Å². The lowest BCUT2D eigenvalue weighted by molar-refractivity contribution is 1.19. The Hall–Kier alpha value is -3.30. The molecule has 0 amide bonds. The van der Waals surface area contributed by atoms with Gasteiger partial charge in [0.05, 0.1) is 5.39 Å². The molecule has 4 rings (SSSR count). The fraction of sp³-hybridized carbons (Fsp3) is 0.100. The zero-order valence-corrected chi connectivity index (χ0v) is 14.9. The topological polar surface area (TPSA) is 88.5 Å². The van der Waals surface area contributed by atoms with Crippen LogP contribution in [0.5, 0.6) is 0 Å². The molecule has 0 aliphatic carbocycles. The van der Waals surface area contributed by atoms with Crippen LogP contribution >= 0.6 is 11.3 Å². The number of nitrogens with zero attached hydrogens (tertiary/aromatic N) is 4. The van der Waals surface area contributed by atoms with Crippen molar-refractivity contribution in [2.75, 3.05) is 5.73 Å². The molecule has 0 bridgehead atoms. The second-order valence-corrected chi connectivity index (χ2v) is 7.12. The molecule has 0 radical (unpaired) electrons. The van der Waals surface area contributed by atoms with Crippen molar-refractivity contribution in [3.63, 3.8) is 0 Å².